The minimum absolute atomic E-state index is 0.101. The zero-order chi connectivity index (χ0) is 16.5. The van der Waals surface area contributed by atoms with E-state index in [2.05, 4.69) is 25.6 Å². The van der Waals surface area contributed by atoms with Crippen LogP contribution in [0.5, 0.6) is 0 Å². The molecule has 1 aliphatic rings. The van der Waals surface area contributed by atoms with E-state index >= 15 is 0 Å². The number of hydrogen-bond donors (Lipinski definition) is 3. The summed E-state index contributed by atoms with van der Waals surface area (Å²) in [6.45, 7) is 0. The lowest BCUT2D eigenvalue weighted by Gasteiger charge is -2.11. The summed E-state index contributed by atoms with van der Waals surface area (Å²) in [5.41, 5.74) is 7.12. The summed E-state index contributed by atoms with van der Waals surface area (Å²) in [5, 5.41) is 7.35. The minimum Gasteiger partial charge on any atom is -0.366 e. The van der Waals surface area contributed by atoms with Crippen molar-refractivity contribution in [3.63, 3.8) is 0 Å². The normalized spacial score (nSPS) is 13.7. The van der Waals surface area contributed by atoms with Gasteiger partial charge in [0, 0.05) is 11.4 Å². The number of hydrogen-bond acceptors (Lipinski definition) is 6. The van der Waals surface area contributed by atoms with Crippen molar-refractivity contribution in [2.75, 3.05) is 10.6 Å². The molecule has 1 fully saturated rings. The van der Waals surface area contributed by atoms with Gasteiger partial charge in [0.05, 0.1) is 23.6 Å². The van der Waals surface area contributed by atoms with Crippen molar-refractivity contribution in [1.29, 1.82) is 0 Å². The van der Waals surface area contributed by atoms with Gasteiger partial charge in [0.1, 0.15) is 5.82 Å². The lowest BCUT2D eigenvalue weighted by atomic mass is 10.2. The minimum atomic E-state index is -0.628. The summed E-state index contributed by atoms with van der Waals surface area (Å²) in [6.07, 6.45) is 5.46. The van der Waals surface area contributed by atoms with Crippen LogP contribution in [0, 0.1) is 0 Å². The fourth-order valence-electron chi connectivity index (χ4n) is 2.44. The second kappa shape index (κ2) is 5.77. The van der Waals surface area contributed by atoms with Crippen molar-refractivity contribution in [3.8, 4) is 0 Å². The average Bonchev–Trinajstić information content (AvgIpc) is 3.39. The molecule has 3 aromatic rings. The molecule has 0 saturated heterocycles. The molecule has 2 aromatic heterocycles. The number of anilines is 3. The number of nitrogens with one attached hydrogen (secondary N) is 2. The van der Waals surface area contributed by atoms with Gasteiger partial charge in [0.25, 0.3) is 5.91 Å². The van der Waals surface area contributed by atoms with E-state index < -0.39 is 5.91 Å². The van der Waals surface area contributed by atoms with Crippen LogP contribution in [0.25, 0.3) is 10.9 Å². The smallest absolute Gasteiger partial charge is 0.271 e. The van der Waals surface area contributed by atoms with Crippen LogP contribution < -0.4 is 16.4 Å². The number of aromatic nitrogens is 3. The van der Waals surface area contributed by atoms with Gasteiger partial charge in [-0.1, -0.05) is 18.2 Å². The van der Waals surface area contributed by atoms with E-state index in [1.165, 1.54) is 6.20 Å². The topological polar surface area (TPSA) is 106 Å². The molecule has 0 atom stereocenters. The molecule has 1 aliphatic carbocycles. The van der Waals surface area contributed by atoms with E-state index in [4.69, 9.17) is 5.73 Å². The Kier molecular flexibility index (Phi) is 3.45. The molecule has 0 bridgehead atoms. The number of carbonyl (C=O) groups excluding carboxylic acids is 1. The Morgan fingerprint density at radius 3 is 2.79 bits per heavy atom. The number of nitrogens with zero attached hydrogens (tertiary/aromatic N) is 3. The van der Waals surface area contributed by atoms with E-state index in [1.54, 1.807) is 6.20 Å². The van der Waals surface area contributed by atoms with Gasteiger partial charge in [0.2, 0.25) is 0 Å². The number of nitrogens with two attached hydrogens (primary N) is 1. The van der Waals surface area contributed by atoms with Gasteiger partial charge in [-0.2, -0.15) is 0 Å². The van der Waals surface area contributed by atoms with Crippen LogP contribution in [0.3, 0.4) is 0 Å². The molecule has 7 nitrogen and oxygen atoms in total. The summed E-state index contributed by atoms with van der Waals surface area (Å²) in [5.74, 6) is 0.320. The molecular formula is C17H16N6O. The van der Waals surface area contributed by atoms with Crippen LogP contribution >= 0.6 is 0 Å². The van der Waals surface area contributed by atoms with Crippen molar-refractivity contribution >= 4 is 34.1 Å². The third kappa shape index (κ3) is 2.96. The molecule has 7 heteroatoms. The molecule has 1 aromatic carbocycles. The molecule has 0 unspecified atom stereocenters. The fraction of sp³-hybridized carbons (Fsp3) is 0.176. The first kappa shape index (κ1) is 14.4. The SMILES string of the molecule is NC(=O)c1ncc(NC2CC2)nc1Nc1cnc2ccccc2c1. The third-order valence-corrected chi connectivity index (χ3v) is 3.79. The summed E-state index contributed by atoms with van der Waals surface area (Å²) in [7, 11) is 0. The van der Waals surface area contributed by atoms with Gasteiger partial charge in [-0.3, -0.25) is 9.78 Å². The quantitative estimate of drug-likeness (QED) is 0.667. The molecular weight excluding hydrogens is 304 g/mol. The monoisotopic (exact) mass is 320 g/mol. The molecule has 1 saturated carbocycles. The fourth-order valence-corrected chi connectivity index (χ4v) is 2.44. The highest BCUT2D eigenvalue weighted by atomic mass is 16.1. The Balaban J connectivity index is 1.68. The lowest BCUT2D eigenvalue weighted by Crippen LogP contribution is -2.17. The molecule has 2 heterocycles. The van der Waals surface area contributed by atoms with Crippen LogP contribution in [-0.4, -0.2) is 26.9 Å². The van der Waals surface area contributed by atoms with Crippen LogP contribution in [0.2, 0.25) is 0 Å². The molecule has 1 amide bonds. The van der Waals surface area contributed by atoms with Crippen molar-refractivity contribution in [2.45, 2.75) is 18.9 Å². The van der Waals surface area contributed by atoms with E-state index in [1.807, 2.05) is 30.3 Å². The summed E-state index contributed by atoms with van der Waals surface area (Å²) < 4.78 is 0. The maximum absolute atomic E-state index is 11.6. The average molecular weight is 320 g/mol. The van der Waals surface area contributed by atoms with Crippen LogP contribution in [-0.2, 0) is 0 Å². The zero-order valence-corrected chi connectivity index (χ0v) is 12.9. The number of amides is 1. The van der Waals surface area contributed by atoms with Gasteiger partial charge in [-0.25, -0.2) is 9.97 Å². The molecule has 0 spiro atoms. The Hall–Kier alpha value is -3.22. The van der Waals surface area contributed by atoms with Gasteiger partial charge < -0.3 is 16.4 Å². The number of benzene rings is 1. The number of rotatable bonds is 5. The van der Waals surface area contributed by atoms with E-state index in [0.717, 1.165) is 23.7 Å². The first-order valence-electron chi connectivity index (χ1n) is 7.74. The summed E-state index contributed by atoms with van der Waals surface area (Å²) in [4.78, 5) is 24.6. The first-order chi connectivity index (χ1) is 11.7. The van der Waals surface area contributed by atoms with Gasteiger partial charge in [-0.05, 0) is 25.0 Å². The largest absolute Gasteiger partial charge is 0.366 e. The highest BCUT2D eigenvalue weighted by molar-refractivity contribution is 5.96. The Morgan fingerprint density at radius 2 is 2.00 bits per heavy atom. The van der Waals surface area contributed by atoms with Gasteiger partial charge in [0.15, 0.2) is 11.5 Å². The summed E-state index contributed by atoms with van der Waals surface area (Å²) in [6, 6.07) is 10.2. The zero-order valence-electron chi connectivity index (χ0n) is 12.9. The number of primary amides is 1. The molecule has 0 aliphatic heterocycles. The molecule has 24 heavy (non-hydrogen) atoms. The molecule has 4 N–H and O–H groups in total. The maximum Gasteiger partial charge on any atom is 0.271 e. The van der Waals surface area contributed by atoms with Crippen LogP contribution in [0.15, 0.2) is 42.7 Å². The predicted octanol–water partition coefficient (Wildman–Crippen LogP) is 2.44. The maximum atomic E-state index is 11.6. The molecule has 4 rings (SSSR count). The Labute approximate surface area is 138 Å². The number of para-hydroxylation sites is 1. The number of pyridine rings is 1. The third-order valence-electron chi connectivity index (χ3n) is 3.79. The highest BCUT2D eigenvalue weighted by Gasteiger charge is 2.22. The first-order valence-corrected chi connectivity index (χ1v) is 7.74. The highest BCUT2D eigenvalue weighted by Crippen LogP contribution is 2.26. The van der Waals surface area contributed by atoms with Crippen molar-refractivity contribution < 1.29 is 4.79 Å². The number of carbonyl (C=O) groups is 1. The van der Waals surface area contributed by atoms with Gasteiger partial charge >= 0.3 is 0 Å². The molecule has 120 valence electrons. The lowest BCUT2D eigenvalue weighted by molar-refractivity contribution is 0.0996. The van der Waals surface area contributed by atoms with E-state index in [9.17, 15) is 4.79 Å². The predicted molar refractivity (Wildman–Crippen MR) is 92.2 cm³/mol. The van der Waals surface area contributed by atoms with Crippen LogP contribution in [0.4, 0.5) is 17.3 Å². The van der Waals surface area contributed by atoms with Crippen molar-refractivity contribution in [2.24, 2.45) is 5.73 Å². The Bertz CT molecular complexity index is 922. The second-order valence-electron chi connectivity index (χ2n) is 5.78. The van der Waals surface area contributed by atoms with Gasteiger partial charge in [-0.15, -0.1) is 0 Å². The Morgan fingerprint density at radius 1 is 1.17 bits per heavy atom. The second-order valence-corrected chi connectivity index (χ2v) is 5.78. The van der Waals surface area contributed by atoms with Crippen LogP contribution in [0.1, 0.15) is 23.3 Å². The van der Waals surface area contributed by atoms with Crippen molar-refractivity contribution in [1.82, 2.24) is 15.0 Å². The summed E-state index contributed by atoms with van der Waals surface area (Å²) >= 11 is 0. The standard InChI is InChI=1S/C17H16N6O/c18-16(24)15-17(23-14(9-20-15)21-11-5-6-11)22-12-7-10-3-1-2-4-13(10)19-8-12/h1-4,7-9,11H,5-6H2,(H2,18,24)(H2,21,22,23). The van der Waals surface area contributed by atoms with E-state index in [-0.39, 0.29) is 5.69 Å². The van der Waals surface area contributed by atoms with Crippen molar-refractivity contribution in [3.05, 3.63) is 48.4 Å². The number of fused-ring (bicyclic) bond motifs is 1. The van der Waals surface area contributed by atoms with E-state index in [0.29, 0.717) is 23.4 Å². The molecule has 0 radical (unpaired) electrons.